The predicted molar refractivity (Wildman–Crippen MR) is 38.7 cm³/mol. The summed E-state index contributed by atoms with van der Waals surface area (Å²) in [5, 5.41) is 0. The highest BCUT2D eigenvalue weighted by atomic mass is 14.1. The van der Waals surface area contributed by atoms with Crippen LogP contribution in [0.2, 0.25) is 0 Å². The molecule has 0 amide bonds. The van der Waals surface area contributed by atoms with Crippen molar-refractivity contribution in [3.63, 3.8) is 0 Å². The Balaban J connectivity index is 3.10. The van der Waals surface area contributed by atoms with Gasteiger partial charge in [0.25, 0.3) is 0 Å². The molecule has 0 fully saturated rings. The summed E-state index contributed by atoms with van der Waals surface area (Å²) >= 11 is 0. The monoisotopic (exact) mass is 113 g/mol. The normalized spacial score (nSPS) is 14.6. The van der Waals surface area contributed by atoms with Gasteiger partial charge in [-0.3, -0.25) is 0 Å². The van der Waals surface area contributed by atoms with E-state index in [1.165, 1.54) is 12.8 Å². The lowest BCUT2D eigenvalue weighted by molar-refractivity contribution is 0.528. The maximum atomic E-state index is 2.30. The minimum Gasteiger partial charge on any atom is -0.0651 e. The van der Waals surface area contributed by atoms with Crippen LogP contribution in [0, 0.1) is 11.8 Å². The maximum Gasteiger partial charge on any atom is -0.0300 e. The summed E-state index contributed by atoms with van der Waals surface area (Å²) in [6.07, 6.45) is 2.61. The van der Waals surface area contributed by atoms with E-state index < -0.39 is 0 Å². The van der Waals surface area contributed by atoms with Crippen LogP contribution < -0.4 is 0 Å². The second-order valence-corrected chi connectivity index (χ2v) is 2.92. The van der Waals surface area contributed by atoms with Gasteiger partial charge in [0.15, 0.2) is 0 Å². The summed E-state index contributed by atoms with van der Waals surface area (Å²) in [5.41, 5.74) is 0. The highest BCUT2D eigenvalue weighted by molar-refractivity contribution is 4.78. The highest BCUT2D eigenvalue weighted by Gasteiger charge is 2.00. The van der Waals surface area contributed by atoms with Gasteiger partial charge < -0.3 is 0 Å². The second kappa shape index (κ2) is 3.94. The van der Waals surface area contributed by atoms with Crippen molar-refractivity contribution in [3.8, 4) is 0 Å². The molecule has 0 aromatic rings. The van der Waals surface area contributed by atoms with Crippen molar-refractivity contribution in [3.05, 3.63) is 5.92 Å². The van der Waals surface area contributed by atoms with Crippen LogP contribution in [-0.4, -0.2) is 0 Å². The molecule has 8 heavy (non-hydrogen) atoms. The Morgan fingerprint density at radius 1 is 1.38 bits per heavy atom. The van der Waals surface area contributed by atoms with Gasteiger partial charge in [0.1, 0.15) is 0 Å². The Morgan fingerprint density at radius 2 is 1.88 bits per heavy atom. The lowest BCUT2D eigenvalue weighted by atomic mass is 9.97. The van der Waals surface area contributed by atoms with Crippen molar-refractivity contribution in [2.75, 3.05) is 0 Å². The van der Waals surface area contributed by atoms with E-state index >= 15 is 0 Å². The van der Waals surface area contributed by atoms with Crippen LogP contribution in [0.4, 0.5) is 0 Å². The largest absolute Gasteiger partial charge is 0.0651 e. The second-order valence-electron chi connectivity index (χ2n) is 2.92. The van der Waals surface area contributed by atoms with E-state index in [0.717, 1.165) is 5.92 Å². The third-order valence-corrected chi connectivity index (χ3v) is 1.45. The molecule has 0 aliphatic heterocycles. The van der Waals surface area contributed by atoms with Gasteiger partial charge in [-0.2, -0.15) is 0 Å². The minimum atomic E-state index is 0.889. The topological polar surface area (TPSA) is 0 Å². The molecule has 0 aliphatic rings. The molecular weight excluding hydrogens is 96.1 g/mol. The number of hydrogen-bond acceptors (Lipinski definition) is 0. The van der Waals surface area contributed by atoms with Gasteiger partial charge >= 0.3 is 0 Å². The van der Waals surface area contributed by atoms with E-state index in [1.54, 1.807) is 5.92 Å². The lowest BCUT2D eigenvalue weighted by Gasteiger charge is -2.09. The zero-order valence-electron chi connectivity index (χ0n) is 6.49. The van der Waals surface area contributed by atoms with Crippen LogP contribution in [0.25, 0.3) is 0 Å². The van der Waals surface area contributed by atoms with Crippen molar-refractivity contribution in [1.29, 1.82) is 0 Å². The van der Waals surface area contributed by atoms with E-state index in [0.29, 0.717) is 0 Å². The molecule has 0 N–H and O–H groups in total. The summed E-state index contributed by atoms with van der Waals surface area (Å²) < 4.78 is 0. The Labute approximate surface area is 53.3 Å². The summed E-state index contributed by atoms with van der Waals surface area (Å²) in [6, 6.07) is 0. The smallest absolute Gasteiger partial charge is 0.0300 e. The third kappa shape index (κ3) is 4.17. The first-order chi connectivity index (χ1) is 3.66. The van der Waals surface area contributed by atoms with Crippen LogP contribution in [0.1, 0.15) is 40.5 Å². The molecule has 0 spiro atoms. The van der Waals surface area contributed by atoms with Gasteiger partial charge in [-0.25, -0.2) is 0 Å². The van der Waals surface area contributed by atoms with Crippen LogP contribution in [0.15, 0.2) is 0 Å². The van der Waals surface area contributed by atoms with Gasteiger partial charge in [0.05, 0.1) is 0 Å². The molecular formula is C8H17. The fourth-order valence-corrected chi connectivity index (χ4v) is 0.841. The number of hydrogen-bond donors (Lipinski definition) is 0. The van der Waals surface area contributed by atoms with Crippen LogP contribution in [-0.2, 0) is 0 Å². The first-order valence-corrected chi connectivity index (χ1v) is 3.45. The Hall–Kier alpha value is 0. The minimum absolute atomic E-state index is 0.889. The van der Waals surface area contributed by atoms with Gasteiger partial charge in [-0.05, 0) is 18.3 Å². The summed E-state index contributed by atoms with van der Waals surface area (Å²) in [4.78, 5) is 0. The van der Waals surface area contributed by atoms with E-state index in [4.69, 9.17) is 0 Å². The van der Waals surface area contributed by atoms with Gasteiger partial charge in [0.2, 0.25) is 0 Å². The van der Waals surface area contributed by atoms with Gasteiger partial charge in [-0.15, -0.1) is 0 Å². The SMILES string of the molecule is CCC(C)C[C](C)C. The molecule has 0 bridgehead atoms. The first kappa shape index (κ1) is 8.00. The van der Waals surface area contributed by atoms with E-state index in [-0.39, 0.29) is 0 Å². The fourth-order valence-electron chi connectivity index (χ4n) is 0.841. The maximum absolute atomic E-state index is 2.30. The van der Waals surface area contributed by atoms with Crippen molar-refractivity contribution in [2.45, 2.75) is 40.5 Å². The highest BCUT2D eigenvalue weighted by Crippen LogP contribution is 2.14. The molecule has 1 unspecified atom stereocenters. The number of rotatable bonds is 3. The first-order valence-electron chi connectivity index (χ1n) is 3.45. The molecule has 0 nitrogen and oxygen atoms in total. The van der Waals surface area contributed by atoms with Crippen molar-refractivity contribution in [2.24, 2.45) is 5.92 Å². The Bertz CT molecular complexity index is 46.0. The van der Waals surface area contributed by atoms with E-state index in [1.807, 2.05) is 0 Å². The van der Waals surface area contributed by atoms with Crippen molar-refractivity contribution < 1.29 is 0 Å². The lowest BCUT2D eigenvalue weighted by Crippen LogP contribution is -1.95. The van der Waals surface area contributed by atoms with Crippen LogP contribution >= 0.6 is 0 Å². The van der Waals surface area contributed by atoms with Crippen LogP contribution in [0.5, 0.6) is 0 Å². The third-order valence-electron chi connectivity index (χ3n) is 1.45. The molecule has 0 heteroatoms. The molecule has 0 aliphatic carbocycles. The molecule has 0 heterocycles. The molecule has 0 aromatic carbocycles. The summed E-state index contributed by atoms with van der Waals surface area (Å²) in [6.45, 7) is 8.94. The molecule has 1 radical (unpaired) electrons. The van der Waals surface area contributed by atoms with Gasteiger partial charge in [-0.1, -0.05) is 34.1 Å². The molecule has 0 saturated heterocycles. The molecule has 49 valence electrons. The van der Waals surface area contributed by atoms with Crippen LogP contribution in [0.3, 0.4) is 0 Å². The van der Waals surface area contributed by atoms with Crippen molar-refractivity contribution in [1.82, 2.24) is 0 Å². The fraction of sp³-hybridized carbons (Fsp3) is 0.875. The Kier molecular flexibility index (Phi) is 3.94. The zero-order valence-corrected chi connectivity index (χ0v) is 6.49. The molecule has 0 rings (SSSR count). The summed E-state index contributed by atoms with van der Waals surface area (Å²) in [5.74, 6) is 2.44. The van der Waals surface area contributed by atoms with E-state index in [2.05, 4.69) is 27.7 Å². The molecule has 0 aromatic heterocycles. The Morgan fingerprint density at radius 3 is 2.00 bits per heavy atom. The quantitative estimate of drug-likeness (QED) is 0.527. The van der Waals surface area contributed by atoms with Crippen molar-refractivity contribution >= 4 is 0 Å². The molecule has 0 saturated carbocycles. The average Bonchev–Trinajstić information content (AvgIpc) is 1.65. The zero-order chi connectivity index (χ0) is 6.57. The van der Waals surface area contributed by atoms with E-state index in [9.17, 15) is 0 Å². The predicted octanol–water partition coefficient (Wildman–Crippen LogP) is 3.04. The van der Waals surface area contributed by atoms with Gasteiger partial charge in [0, 0.05) is 0 Å². The standard InChI is InChI=1S/C8H17/c1-5-8(4)6-7(2)3/h8H,5-6H2,1-4H3. The molecule has 1 atom stereocenters. The summed E-state index contributed by atoms with van der Waals surface area (Å²) in [7, 11) is 0. The average molecular weight is 113 g/mol.